The first kappa shape index (κ1) is 22.3. The summed E-state index contributed by atoms with van der Waals surface area (Å²) in [7, 11) is 0. The maximum atomic E-state index is 11.6. The van der Waals surface area contributed by atoms with Gasteiger partial charge in [-0.25, -0.2) is 4.79 Å². The van der Waals surface area contributed by atoms with E-state index in [1.54, 1.807) is 16.9 Å². The number of amides is 1. The van der Waals surface area contributed by atoms with Gasteiger partial charge < -0.3 is 14.6 Å². The lowest BCUT2D eigenvalue weighted by molar-refractivity contribution is -0.511. The zero-order valence-electron chi connectivity index (χ0n) is 19.4. The van der Waals surface area contributed by atoms with Gasteiger partial charge in [0.2, 0.25) is 0 Å². The first-order valence-corrected chi connectivity index (χ1v) is 11.2. The number of hydrogen-bond acceptors (Lipinski definition) is 5. The van der Waals surface area contributed by atoms with Crippen molar-refractivity contribution in [2.24, 2.45) is 11.5 Å². The second-order valence-electron chi connectivity index (χ2n) is 8.35. The molecule has 0 saturated heterocycles. The van der Waals surface area contributed by atoms with Gasteiger partial charge >= 0.3 is 11.7 Å². The molecule has 0 aliphatic carbocycles. The summed E-state index contributed by atoms with van der Waals surface area (Å²) in [5.41, 5.74) is 16.7. The SMILES string of the molecule is Cc1c(C)c2occ(CN)c2c2oc(=O)ccc12.NC(=O)[n+]1c2ccccc2cc2ccccc21. The number of furan rings is 1. The van der Waals surface area contributed by atoms with Crippen molar-refractivity contribution in [3.05, 3.63) is 100 Å². The number of nitrogens with zero attached hydrogens (tertiary/aromatic N) is 1. The van der Waals surface area contributed by atoms with Crippen molar-refractivity contribution in [3.8, 4) is 0 Å². The van der Waals surface area contributed by atoms with Crippen molar-refractivity contribution in [1.82, 2.24) is 0 Å². The molecule has 174 valence electrons. The molecule has 35 heavy (non-hydrogen) atoms. The van der Waals surface area contributed by atoms with Gasteiger partial charge in [0.25, 0.3) is 0 Å². The molecule has 0 saturated carbocycles. The van der Waals surface area contributed by atoms with Crippen molar-refractivity contribution < 1.29 is 18.2 Å². The maximum absolute atomic E-state index is 11.6. The van der Waals surface area contributed by atoms with Crippen LogP contribution in [-0.2, 0) is 6.54 Å². The van der Waals surface area contributed by atoms with Gasteiger partial charge in [-0.15, -0.1) is 0 Å². The van der Waals surface area contributed by atoms with Crippen LogP contribution in [-0.4, -0.2) is 6.03 Å². The number of carbonyl (C=O) groups is 1. The largest absolute Gasteiger partial charge is 0.494 e. The topological polar surface area (TPSA) is 116 Å². The number of para-hydroxylation sites is 2. The predicted molar refractivity (Wildman–Crippen MR) is 136 cm³/mol. The fourth-order valence-electron chi connectivity index (χ4n) is 4.50. The van der Waals surface area contributed by atoms with E-state index in [0.717, 1.165) is 54.9 Å². The first-order chi connectivity index (χ1) is 16.9. The Labute approximate surface area is 200 Å². The molecule has 7 heteroatoms. The van der Waals surface area contributed by atoms with Crippen LogP contribution in [0, 0.1) is 13.8 Å². The smallest absolute Gasteiger partial charge is 0.464 e. The highest BCUT2D eigenvalue weighted by molar-refractivity contribution is 6.07. The fourth-order valence-corrected chi connectivity index (χ4v) is 4.50. The lowest BCUT2D eigenvalue weighted by Gasteiger charge is -2.06. The van der Waals surface area contributed by atoms with Crippen LogP contribution in [0.15, 0.2) is 86.6 Å². The van der Waals surface area contributed by atoms with Crippen LogP contribution < -0.4 is 21.7 Å². The molecule has 0 spiro atoms. The molecule has 3 heterocycles. The second-order valence-corrected chi connectivity index (χ2v) is 8.35. The van der Waals surface area contributed by atoms with Gasteiger partial charge in [-0.05, 0) is 49.2 Å². The number of carbonyl (C=O) groups excluding carboxylic acids is 1. The van der Waals surface area contributed by atoms with Crippen LogP contribution >= 0.6 is 0 Å². The van der Waals surface area contributed by atoms with Gasteiger partial charge in [-0.3, -0.25) is 5.73 Å². The van der Waals surface area contributed by atoms with Gasteiger partial charge in [-0.1, -0.05) is 36.4 Å². The number of pyridine rings is 1. The molecule has 0 aliphatic rings. The minimum absolute atomic E-state index is 0.350. The molecule has 0 aliphatic heterocycles. The van der Waals surface area contributed by atoms with Gasteiger partial charge in [0.05, 0.1) is 11.6 Å². The molecule has 3 aromatic carbocycles. The van der Waals surface area contributed by atoms with E-state index < -0.39 is 6.03 Å². The summed E-state index contributed by atoms with van der Waals surface area (Å²) >= 11 is 0. The summed E-state index contributed by atoms with van der Waals surface area (Å²) in [4.78, 5) is 23.0. The highest BCUT2D eigenvalue weighted by Gasteiger charge is 2.17. The minimum Gasteiger partial charge on any atom is -0.464 e. The molecule has 1 amide bonds. The molecule has 6 aromatic rings. The Morgan fingerprint density at radius 1 is 0.886 bits per heavy atom. The van der Waals surface area contributed by atoms with E-state index in [-0.39, 0.29) is 5.63 Å². The van der Waals surface area contributed by atoms with Crippen LogP contribution in [0.2, 0.25) is 0 Å². The molecule has 6 rings (SSSR count). The summed E-state index contributed by atoms with van der Waals surface area (Å²) in [5, 5.41) is 3.75. The van der Waals surface area contributed by atoms with Crippen LogP contribution in [0.25, 0.3) is 43.7 Å². The highest BCUT2D eigenvalue weighted by Crippen LogP contribution is 2.34. The van der Waals surface area contributed by atoms with E-state index in [9.17, 15) is 9.59 Å². The van der Waals surface area contributed by atoms with Gasteiger partial charge in [0.1, 0.15) is 22.2 Å². The molecule has 7 nitrogen and oxygen atoms in total. The van der Waals surface area contributed by atoms with Gasteiger partial charge in [0, 0.05) is 34.3 Å². The first-order valence-electron chi connectivity index (χ1n) is 11.2. The van der Waals surface area contributed by atoms with E-state index >= 15 is 0 Å². The van der Waals surface area contributed by atoms with Crippen LogP contribution in [0.3, 0.4) is 0 Å². The molecule has 0 bridgehead atoms. The Morgan fingerprint density at radius 3 is 2.11 bits per heavy atom. The quantitative estimate of drug-likeness (QED) is 0.205. The molecule has 0 fully saturated rings. The van der Waals surface area contributed by atoms with E-state index in [1.807, 2.05) is 62.4 Å². The molecular formula is C28H24N3O4+. The molecule has 4 N–H and O–H groups in total. The number of hydrogen-bond donors (Lipinski definition) is 2. The maximum Gasteiger partial charge on any atom is 0.494 e. The van der Waals surface area contributed by atoms with Crippen molar-refractivity contribution in [3.63, 3.8) is 0 Å². The third-order valence-corrected chi connectivity index (χ3v) is 6.34. The summed E-state index contributed by atoms with van der Waals surface area (Å²) < 4.78 is 12.4. The molecule has 3 aromatic heterocycles. The average Bonchev–Trinajstić information content (AvgIpc) is 3.30. The summed E-state index contributed by atoms with van der Waals surface area (Å²) in [6, 6.07) is 20.3. The van der Waals surface area contributed by atoms with Crippen molar-refractivity contribution in [2.75, 3.05) is 0 Å². The molecule has 0 atom stereocenters. The number of aryl methyl sites for hydroxylation is 2. The number of primary amides is 1. The summed E-state index contributed by atoms with van der Waals surface area (Å²) in [6.07, 6.45) is 1.63. The lowest BCUT2D eigenvalue weighted by Crippen LogP contribution is -2.48. The zero-order chi connectivity index (χ0) is 24.7. The van der Waals surface area contributed by atoms with E-state index in [0.29, 0.717) is 12.1 Å². The van der Waals surface area contributed by atoms with E-state index in [4.69, 9.17) is 20.3 Å². The Morgan fingerprint density at radius 2 is 1.51 bits per heavy atom. The van der Waals surface area contributed by atoms with E-state index in [2.05, 4.69) is 6.07 Å². The fraction of sp³-hybridized carbons (Fsp3) is 0.107. The summed E-state index contributed by atoms with van der Waals surface area (Å²) in [6.45, 7) is 4.33. The van der Waals surface area contributed by atoms with Crippen molar-refractivity contribution in [1.29, 1.82) is 0 Å². The predicted octanol–water partition coefficient (Wildman–Crippen LogP) is 4.82. The zero-order valence-corrected chi connectivity index (χ0v) is 19.4. The number of nitrogens with two attached hydrogens (primary N) is 2. The molecule has 0 radical (unpaired) electrons. The number of rotatable bonds is 1. The number of aromatic nitrogens is 1. The Bertz CT molecular complexity index is 1760. The molecule has 0 unspecified atom stereocenters. The highest BCUT2D eigenvalue weighted by atomic mass is 16.4. The van der Waals surface area contributed by atoms with Crippen LogP contribution in [0.4, 0.5) is 4.79 Å². The third-order valence-electron chi connectivity index (χ3n) is 6.34. The van der Waals surface area contributed by atoms with Crippen molar-refractivity contribution in [2.45, 2.75) is 20.4 Å². The van der Waals surface area contributed by atoms with Crippen LogP contribution in [0.5, 0.6) is 0 Å². The van der Waals surface area contributed by atoms with E-state index in [1.165, 1.54) is 6.07 Å². The Balaban J connectivity index is 0.000000145. The minimum atomic E-state index is -0.460. The average molecular weight is 467 g/mol. The number of fused-ring (bicyclic) bond motifs is 5. The summed E-state index contributed by atoms with van der Waals surface area (Å²) in [5.74, 6) is 0. The Hall–Kier alpha value is -4.49. The van der Waals surface area contributed by atoms with Gasteiger partial charge in [-0.2, -0.15) is 9.36 Å². The number of benzene rings is 3. The lowest BCUT2D eigenvalue weighted by atomic mass is 10.00. The monoisotopic (exact) mass is 466 g/mol. The van der Waals surface area contributed by atoms with Crippen LogP contribution in [0.1, 0.15) is 16.7 Å². The Kier molecular flexibility index (Phi) is 5.55. The van der Waals surface area contributed by atoms with Crippen molar-refractivity contribution >= 4 is 49.8 Å². The van der Waals surface area contributed by atoms with Gasteiger partial charge in [0.15, 0.2) is 0 Å². The third kappa shape index (κ3) is 3.72. The normalized spacial score (nSPS) is 11.2. The molecular weight excluding hydrogens is 442 g/mol. The second kappa shape index (κ2) is 8.70. The standard InChI is InChI=1S/C14H10N2O.C14H13NO3/c15-14(17)16-12-7-3-1-5-10(12)9-11-6-2-4-8-13(11)16;1-7-8(2)13-12(9(5-15)6-17-13)14-10(7)3-4-11(16)18-14/h1-9H,(H-,15,17);3-4,6H,5,15H2,1-2H3/p+1.